The SMILES string of the molecule is Cc1c(C(O)=C2C(=O)CCCC2=O)ccc2sc(-c3cccc(F)c3)nc12. The van der Waals surface area contributed by atoms with Crippen LogP contribution in [0.1, 0.15) is 30.4 Å². The molecule has 27 heavy (non-hydrogen) atoms. The number of Topliss-reactive ketones (excluding diaryl/α,β-unsaturated/α-hetero) is 2. The van der Waals surface area contributed by atoms with E-state index in [0.29, 0.717) is 33.6 Å². The minimum Gasteiger partial charge on any atom is -0.506 e. The lowest BCUT2D eigenvalue weighted by Crippen LogP contribution is -2.20. The number of nitrogens with zero attached hydrogens (tertiary/aromatic N) is 1. The van der Waals surface area contributed by atoms with Crippen LogP contribution in [-0.4, -0.2) is 21.7 Å². The summed E-state index contributed by atoms with van der Waals surface area (Å²) in [6.45, 7) is 1.79. The van der Waals surface area contributed by atoms with Crippen molar-refractivity contribution in [1.82, 2.24) is 4.98 Å². The van der Waals surface area contributed by atoms with E-state index in [9.17, 15) is 19.1 Å². The third-order valence-electron chi connectivity index (χ3n) is 4.74. The Morgan fingerprint density at radius 3 is 2.59 bits per heavy atom. The number of aliphatic hydroxyl groups excluding tert-OH is 1. The smallest absolute Gasteiger partial charge is 0.170 e. The fraction of sp³-hybridized carbons (Fsp3) is 0.190. The van der Waals surface area contributed by atoms with Crippen LogP contribution in [0.4, 0.5) is 4.39 Å². The summed E-state index contributed by atoms with van der Waals surface area (Å²) in [5, 5.41) is 11.3. The molecule has 0 bridgehead atoms. The number of hydrogen-bond donors (Lipinski definition) is 1. The van der Waals surface area contributed by atoms with Crippen molar-refractivity contribution in [3.8, 4) is 10.6 Å². The lowest BCUT2D eigenvalue weighted by molar-refractivity contribution is -0.123. The Morgan fingerprint density at radius 1 is 1.15 bits per heavy atom. The number of ketones is 2. The highest BCUT2D eigenvalue weighted by molar-refractivity contribution is 7.21. The summed E-state index contributed by atoms with van der Waals surface area (Å²) in [5.74, 6) is -1.24. The van der Waals surface area contributed by atoms with E-state index in [2.05, 4.69) is 4.98 Å². The van der Waals surface area contributed by atoms with E-state index < -0.39 is 0 Å². The second-order valence-corrected chi connectivity index (χ2v) is 7.57. The fourth-order valence-corrected chi connectivity index (χ4v) is 4.36. The molecule has 1 N–H and O–H groups in total. The number of aromatic nitrogens is 1. The molecule has 6 heteroatoms. The van der Waals surface area contributed by atoms with Gasteiger partial charge in [-0.3, -0.25) is 9.59 Å². The predicted octanol–water partition coefficient (Wildman–Crippen LogP) is 5.00. The maximum atomic E-state index is 13.5. The minimum atomic E-state index is -0.333. The Hall–Kier alpha value is -2.86. The molecule has 1 heterocycles. The summed E-state index contributed by atoms with van der Waals surface area (Å²) in [7, 11) is 0. The largest absolute Gasteiger partial charge is 0.506 e. The van der Waals surface area contributed by atoms with E-state index >= 15 is 0 Å². The summed E-state index contributed by atoms with van der Waals surface area (Å²) < 4.78 is 14.4. The van der Waals surface area contributed by atoms with E-state index in [0.717, 1.165) is 4.70 Å². The molecule has 0 spiro atoms. The first kappa shape index (κ1) is 17.5. The van der Waals surface area contributed by atoms with Gasteiger partial charge in [-0.05, 0) is 43.2 Å². The van der Waals surface area contributed by atoms with Gasteiger partial charge in [-0.15, -0.1) is 11.3 Å². The molecular weight excluding hydrogens is 365 g/mol. The number of halogens is 1. The third kappa shape index (κ3) is 3.06. The minimum absolute atomic E-state index is 0.107. The van der Waals surface area contributed by atoms with Crippen LogP contribution in [0.3, 0.4) is 0 Å². The molecule has 3 aromatic rings. The van der Waals surface area contributed by atoms with Crippen LogP contribution in [0.2, 0.25) is 0 Å². The first-order valence-electron chi connectivity index (χ1n) is 8.62. The maximum Gasteiger partial charge on any atom is 0.170 e. The Kier molecular flexibility index (Phi) is 4.36. The van der Waals surface area contributed by atoms with Crippen LogP contribution in [0.25, 0.3) is 26.5 Å². The Labute approximate surface area is 159 Å². The molecule has 0 radical (unpaired) electrons. The summed E-state index contributed by atoms with van der Waals surface area (Å²) in [6.07, 6.45) is 1.06. The molecule has 0 aliphatic heterocycles. The quantitative estimate of drug-likeness (QED) is 0.385. The first-order valence-corrected chi connectivity index (χ1v) is 9.43. The van der Waals surface area contributed by atoms with Gasteiger partial charge in [0.1, 0.15) is 22.2 Å². The number of thiazole rings is 1. The average Bonchev–Trinajstić information content (AvgIpc) is 3.07. The number of aliphatic hydroxyl groups is 1. The molecule has 0 saturated heterocycles. The van der Waals surface area contributed by atoms with Crippen molar-refractivity contribution in [2.75, 3.05) is 0 Å². The summed E-state index contributed by atoms with van der Waals surface area (Å²) in [4.78, 5) is 28.9. The molecule has 0 amide bonds. The van der Waals surface area contributed by atoms with E-state index in [4.69, 9.17) is 0 Å². The second-order valence-electron chi connectivity index (χ2n) is 6.54. The zero-order valence-corrected chi connectivity index (χ0v) is 15.4. The molecule has 4 nitrogen and oxygen atoms in total. The average molecular weight is 381 g/mol. The molecule has 4 rings (SSSR count). The number of carbonyl (C=O) groups excluding carboxylic acids is 2. The standard InChI is InChI=1S/C21H16FNO3S/c1-11-14(20(26)18-15(24)6-3-7-16(18)25)8-9-17-19(11)23-21(27-17)12-4-2-5-13(22)10-12/h2,4-5,8-10,26H,3,6-7H2,1H3. The van der Waals surface area contributed by atoms with Crippen molar-refractivity contribution >= 4 is 38.9 Å². The van der Waals surface area contributed by atoms with Gasteiger partial charge in [-0.2, -0.15) is 0 Å². The van der Waals surface area contributed by atoms with Crippen molar-refractivity contribution in [3.05, 3.63) is 58.9 Å². The molecule has 0 unspecified atom stereocenters. The summed E-state index contributed by atoms with van der Waals surface area (Å²) >= 11 is 1.42. The predicted molar refractivity (Wildman–Crippen MR) is 103 cm³/mol. The van der Waals surface area contributed by atoms with Crippen LogP contribution in [0.15, 0.2) is 42.0 Å². The van der Waals surface area contributed by atoms with Crippen LogP contribution in [0.5, 0.6) is 0 Å². The zero-order chi connectivity index (χ0) is 19.1. The van der Waals surface area contributed by atoms with Crippen molar-refractivity contribution in [2.24, 2.45) is 0 Å². The maximum absolute atomic E-state index is 13.5. The van der Waals surface area contributed by atoms with E-state index in [1.165, 1.54) is 23.5 Å². The van der Waals surface area contributed by atoms with Crippen LogP contribution >= 0.6 is 11.3 Å². The van der Waals surface area contributed by atoms with Gasteiger partial charge in [0, 0.05) is 24.0 Å². The topological polar surface area (TPSA) is 67.3 Å². The third-order valence-corrected chi connectivity index (χ3v) is 5.81. The highest BCUT2D eigenvalue weighted by Gasteiger charge is 2.28. The van der Waals surface area contributed by atoms with Crippen molar-refractivity contribution < 1.29 is 19.1 Å². The van der Waals surface area contributed by atoms with Crippen molar-refractivity contribution in [2.45, 2.75) is 26.2 Å². The number of allylic oxidation sites excluding steroid dienone is 1. The number of hydrogen-bond acceptors (Lipinski definition) is 5. The van der Waals surface area contributed by atoms with Gasteiger partial charge >= 0.3 is 0 Å². The van der Waals surface area contributed by atoms with Gasteiger partial charge in [-0.25, -0.2) is 9.37 Å². The lowest BCUT2D eigenvalue weighted by Gasteiger charge is -2.15. The van der Waals surface area contributed by atoms with E-state index in [1.807, 2.05) is 0 Å². The van der Waals surface area contributed by atoms with Crippen LogP contribution < -0.4 is 0 Å². The van der Waals surface area contributed by atoms with Crippen molar-refractivity contribution in [3.63, 3.8) is 0 Å². The number of carbonyl (C=O) groups is 2. The molecule has 1 saturated carbocycles. The highest BCUT2D eigenvalue weighted by atomic mass is 32.1. The molecule has 1 aliphatic rings. The first-order chi connectivity index (χ1) is 13.0. The number of fused-ring (bicyclic) bond motifs is 1. The van der Waals surface area contributed by atoms with E-state index in [1.54, 1.807) is 31.2 Å². The Bertz CT molecular complexity index is 1110. The van der Waals surface area contributed by atoms with Crippen LogP contribution in [-0.2, 0) is 9.59 Å². The number of rotatable bonds is 2. The zero-order valence-electron chi connectivity index (χ0n) is 14.6. The van der Waals surface area contributed by atoms with E-state index in [-0.39, 0.29) is 41.6 Å². The highest BCUT2D eigenvalue weighted by Crippen LogP contribution is 2.35. The van der Waals surface area contributed by atoms with Gasteiger partial charge in [0.15, 0.2) is 11.6 Å². The van der Waals surface area contributed by atoms with Crippen molar-refractivity contribution in [1.29, 1.82) is 0 Å². The van der Waals surface area contributed by atoms with Gasteiger partial charge in [0.2, 0.25) is 0 Å². The molecule has 136 valence electrons. The van der Waals surface area contributed by atoms with Crippen LogP contribution in [0, 0.1) is 12.7 Å². The molecular formula is C21H16FNO3S. The van der Waals surface area contributed by atoms with Gasteiger partial charge in [0.25, 0.3) is 0 Å². The normalized spacial score (nSPS) is 14.8. The monoisotopic (exact) mass is 381 g/mol. The molecule has 1 aliphatic carbocycles. The lowest BCUT2D eigenvalue weighted by atomic mass is 9.89. The van der Waals surface area contributed by atoms with Gasteiger partial charge in [0.05, 0.1) is 10.2 Å². The Balaban J connectivity index is 1.85. The molecule has 0 atom stereocenters. The second kappa shape index (κ2) is 6.70. The molecule has 2 aromatic carbocycles. The van der Waals surface area contributed by atoms with Gasteiger partial charge in [-0.1, -0.05) is 12.1 Å². The molecule has 1 aromatic heterocycles. The summed E-state index contributed by atoms with van der Waals surface area (Å²) in [6, 6.07) is 9.71. The number of aryl methyl sites for hydroxylation is 1. The number of benzene rings is 2. The molecule has 1 fully saturated rings. The van der Waals surface area contributed by atoms with Gasteiger partial charge < -0.3 is 5.11 Å². The Morgan fingerprint density at radius 2 is 1.89 bits per heavy atom. The summed E-state index contributed by atoms with van der Waals surface area (Å²) in [5.41, 5.74) is 2.35. The fourth-order valence-electron chi connectivity index (χ4n) is 3.34.